The third-order valence-corrected chi connectivity index (χ3v) is 4.26. The molecule has 3 atom stereocenters. The summed E-state index contributed by atoms with van der Waals surface area (Å²) in [6.07, 6.45) is -5.76. The van der Waals surface area contributed by atoms with E-state index < -0.39 is 60.0 Å². The Morgan fingerprint density at radius 2 is 1.20 bits per heavy atom. The van der Waals surface area contributed by atoms with Gasteiger partial charge in [0.25, 0.3) is 0 Å². The summed E-state index contributed by atoms with van der Waals surface area (Å²) < 4.78 is 30.0. The SMILES string of the molecule is COC(=O)CC[C@H](OC(=O)OC(C)(C)CC(C)(C)C)C(=O)O[C@@H](C)C(=O)O[C@@H](C)C(=O)OC(C)C. The van der Waals surface area contributed by atoms with Crippen molar-refractivity contribution in [3.05, 3.63) is 0 Å². The van der Waals surface area contributed by atoms with Crippen LogP contribution in [0.15, 0.2) is 0 Å². The maximum Gasteiger partial charge on any atom is 0.509 e. The molecule has 0 N–H and O–H groups in total. The Kier molecular flexibility index (Phi) is 12.8. The van der Waals surface area contributed by atoms with Crippen LogP contribution in [-0.4, -0.2) is 67.2 Å². The number of ether oxygens (including phenoxy) is 6. The van der Waals surface area contributed by atoms with E-state index in [1.165, 1.54) is 21.0 Å². The van der Waals surface area contributed by atoms with E-state index in [9.17, 15) is 24.0 Å². The standard InChI is InChI=1S/C24H40O11/c1-14(2)31-19(26)15(3)32-20(27)16(4)33-21(28)17(11-12-18(25)30-10)34-22(29)35-24(8,9)13-23(5,6)7/h14-17H,11-13H2,1-10H3/t15-,16-,17-/m0/s1. The predicted molar refractivity (Wildman–Crippen MR) is 123 cm³/mol. The molecule has 0 aromatic heterocycles. The fraction of sp³-hybridized carbons (Fsp3) is 0.792. The maximum atomic E-state index is 12.6. The maximum absolute atomic E-state index is 12.6. The summed E-state index contributed by atoms with van der Waals surface area (Å²) in [5.41, 5.74) is -1.05. The highest BCUT2D eigenvalue weighted by molar-refractivity contribution is 5.84. The Labute approximate surface area is 207 Å². The van der Waals surface area contributed by atoms with Gasteiger partial charge in [-0.15, -0.1) is 0 Å². The molecule has 11 heteroatoms. The summed E-state index contributed by atoms with van der Waals surface area (Å²) in [6, 6.07) is 0. The van der Waals surface area contributed by atoms with Gasteiger partial charge < -0.3 is 28.4 Å². The number of carbonyl (C=O) groups is 5. The van der Waals surface area contributed by atoms with Gasteiger partial charge in [-0.1, -0.05) is 20.8 Å². The summed E-state index contributed by atoms with van der Waals surface area (Å²) in [7, 11) is 1.17. The lowest BCUT2D eigenvalue weighted by atomic mass is 9.84. The fourth-order valence-corrected chi connectivity index (χ4v) is 3.20. The van der Waals surface area contributed by atoms with Crippen LogP contribution < -0.4 is 0 Å². The zero-order valence-corrected chi connectivity index (χ0v) is 22.4. The second kappa shape index (κ2) is 13.9. The van der Waals surface area contributed by atoms with Crippen LogP contribution in [0.5, 0.6) is 0 Å². The summed E-state index contributed by atoms with van der Waals surface area (Å²) in [6.45, 7) is 15.1. The first-order valence-electron chi connectivity index (χ1n) is 11.4. The minimum absolute atomic E-state index is 0.151. The number of hydrogen-bond acceptors (Lipinski definition) is 11. The second-order valence-corrected chi connectivity index (χ2v) is 10.2. The van der Waals surface area contributed by atoms with Crippen LogP contribution in [0.3, 0.4) is 0 Å². The average molecular weight is 505 g/mol. The Morgan fingerprint density at radius 3 is 1.66 bits per heavy atom. The molecule has 0 saturated heterocycles. The van der Waals surface area contributed by atoms with Crippen molar-refractivity contribution in [3.63, 3.8) is 0 Å². The summed E-state index contributed by atoms with van der Waals surface area (Å²) in [5, 5.41) is 0. The Hall–Kier alpha value is -2.85. The summed E-state index contributed by atoms with van der Waals surface area (Å²) >= 11 is 0. The number of methoxy groups -OCH3 is 1. The van der Waals surface area contributed by atoms with Crippen molar-refractivity contribution in [2.24, 2.45) is 5.41 Å². The zero-order chi connectivity index (χ0) is 27.6. The van der Waals surface area contributed by atoms with Crippen molar-refractivity contribution < 1.29 is 52.4 Å². The predicted octanol–water partition coefficient (Wildman–Crippen LogP) is 3.49. The lowest BCUT2D eigenvalue weighted by molar-refractivity contribution is -0.181. The molecule has 0 aromatic rings. The normalized spacial score (nSPS) is 14.3. The first kappa shape index (κ1) is 32.1. The van der Waals surface area contributed by atoms with Gasteiger partial charge in [0.05, 0.1) is 13.2 Å². The number of rotatable bonds is 12. The molecule has 0 heterocycles. The van der Waals surface area contributed by atoms with Crippen molar-refractivity contribution in [1.29, 1.82) is 0 Å². The largest absolute Gasteiger partial charge is 0.509 e. The first-order chi connectivity index (χ1) is 15.9. The van der Waals surface area contributed by atoms with Gasteiger partial charge in [-0.2, -0.15) is 0 Å². The molecule has 0 aliphatic heterocycles. The van der Waals surface area contributed by atoms with E-state index in [0.717, 1.165) is 0 Å². The summed E-state index contributed by atoms with van der Waals surface area (Å²) in [4.78, 5) is 60.6. The Morgan fingerprint density at radius 1 is 0.714 bits per heavy atom. The van der Waals surface area contributed by atoms with Crippen molar-refractivity contribution in [1.82, 2.24) is 0 Å². The second-order valence-electron chi connectivity index (χ2n) is 10.2. The van der Waals surface area contributed by atoms with Crippen molar-refractivity contribution in [3.8, 4) is 0 Å². The Bertz CT molecular complexity index is 749. The van der Waals surface area contributed by atoms with Gasteiger partial charge in [0, 0.05) is 12.8 Å². The van der Waals surface area contributed by atoms with Gasteiger partial charge in [-0.05, 0) is 53.4 Å². The lowest BCUT2D eigenvalue weighted by Gasteiger charge is -2.32. The van der Waals surface area contributed by atoms with Gasteiger partial charge in [0.15, 0.2) is 12.2 Å². The molecular weight excluding hydrogens is 464 g/mol. The highest BCUT2D eigenvalue weighted by Crippen LogP contribution is 2.30. The smallest absolute Gasteiger partial charge is 0.469 e. The zero-order valence-electron chi connectivity index (χ0n) is 22.4. The topological polar surface area (TPSA) is 141 Å². The molecule has 0 aromatic carbocycles. The molecule has 0 aliphatic rings. The van der Waals surface area contributed by atoms with Gasteiger partial charge in [0.1, 0.15) is 5.60 Å². The van der Waals surface area contributed by atoms with Gasteiger partial charge in [-0.25, -0.2) is 19.2 Å². The van der Waals surface area contributed by atoms with Crippen molar-refractivity contribution in [2.45, 2.75) is 112 Å². The van der Waals surface area contributed by atoms with E-state index >= 15 is 0 Å². The van der Waals surface area contributed by atoms with Crippen LogP contribution in [0.25, 0.3) is 0 Å². The molecule has 0 bridgehead atoms. The first-order valence-corrected chi connectivity index (χ1v) is 11.4. The molecular formula is C24H40O11. The molecule has 0 radical (unpaired) electrons. The number of esters is 4. The van der Waals surface area contributed by atoms with E-state index in [1.54, 1.807) is 27.7 Å². The highest BCUT2D eigenvalue weighted by Gasteiger charge is 2.34. The molecule has 202 valence electrons. The molecule has 35 heavy (non-hydrogen) atoms. The lowest BCUT2D eigenvalue weighted by Crippen LogP contribution is -2.39. The van der Waals surface area contributed by atoms with Crippen molar-refractivity contribution in [2.75, 3.05) is 7.11 Å². The third kappa shape index (κ3) is 14.2. The van der Waals surface area contributed by atoms with Crippen LogP contribution in [-0.2, 0) is 47.6 Å². The van der Waals surface area contributed by atoms with E-state index in [4.69, 9.17) is 23.7 Å². The van der Waals surface area contributed by atoms with E-state index in [1.807, 2.05) is 20.8 Å². The molecule has 0 aliphatic carbocycles. The monoisotopic (exact) mass is 504 g/mol. The summed E-state index contributed by atoms with van der Waals surface area (Å²) in [5.74, 6) is -3.50. The minimum Gasteiger partial charge on any atom is -0.469 e. The van der Waals surface area contributed by atoms with E-state index in [0.29, 0.717) is 6.42 Å². The molecule has 0 amide bonds. The van der Waals surface area contributed by atoms with Crippen LogP contribution in [0, 0.1) is 5.41 Å². The van der Waals surface area contributed by atoms with Gasteiger partial charge in [0.2, 0.25) is 6.10 Å². The van der Waals surface area contributed by atoms with Crippen LogP contribution >= 0.6 is 0 Å². The van der Waals surface area contributed by atoms with Crippen molar-refractivity contribution >= 4 is 30.0 Å². The van der Waals surface area contributed by atoms with E-state index in [2.05, 4.69) is 4.74 Å². The van der Waals surface area contributed by atoms with Crippen LogP contribution in [0.2, 0.25) is 0 Å². The van der Waals surface area contributed by atoms with Gasteiger partial charge >= 0.3 is 30.0 Å². The quantitative estimate of drug-likeness (QED) is 0.285. The molecule has 0 unspecified atom stereocenters. The average Bonchev–Trinajstić information content (AvgIpc) is 2.67. The van der Waals surface area contributed by atoms with Crippen LogP contribution in [0.4, 0.5) is 4.79 Å². The molecule has 0 spiro atoms. The fourth-order valence-electron chi connectivity index (χ4n) is 3.20. The molecule has 0 saturated carbocycles. The van der Waals surface area contributed by atoms with Crippen LogP contribution in [0.1, 0.15) is 81.6 Å². The van der Waals surface area contributed by atoms with E-state index in [-0.39, 0.29) is 18.3 Å². The van der Waals surface area contributed by atoms with Gasteiger partial charge in [-0.3, -0.25) is 4.79 Å². The number of carbonyl (C=O) groups excluding carboxylic acids is 5. The Balaban J connectivity index is 5.22. The highest BCUT2D eigenvalue weighted by atomic mass is 16.7. The number of hydrogen-bond donors (Lipinski definition) is 0. The molecule has 0 rings (SSSR count). The third-order valence-electron chi connectivity index (χ3n) is 4.26. The minimum atomic E-state index is -1.55. The molecule has 0 fully saturated rings. The molecule has 11 nitrogen and oxygen atoms in total.